The molecule has 0 saturated carbocycles. The fourth-order valence-corrected chi connectivity index (χ4v) is 6.59. The molecule has 0 saturated heterocycles. The van der Waals surface area contributed by atoms with E-state index in [1.807, 2.05) is 77.5 Å². The molecule has 0 heterocycles. The maximum absolute atomic E-state index is 12.3. The lowest BCUT2D eigenvalue weighted by molar-refractivity contribution is -0.138. The lowest BCUT2D eigenvalue weighted by Gasteiger charge is -2.28. The summed E-state index contributed by atoms with van der Waals surface area (Å²) in [5, 5.41) is 17.0. The Balaban J connectivity index is -0.000000127. The lowest BCUT2D eigenvalue weighted by atomic mass is 10.2. The third-order valence-corrected chi connectivity index (χ3v) is 12.0. The van der Waals surface area contributed by atoms with Crippen LogP contribution in [0.15, 0.2) is 0 Å². The molecule has 4 N–H and O–H groups in total. The minimum atomic E-state index is -1.06. The number of likely N-dealkylation sites (N-methyl/N-ethyl adjacent to an activating group) is 10. The molecule has 0 spiro atoms. The van der Waals surface area contributed by atoms with Crippen LogP contribution in [0.25, 0.3) is 0 Å². The van der Waals surface area contributed by atoms with Crippen LogP contribution in [-0.4, -0.2) is 401 Å². The summed E-state index contributed by atoms with van der Waals surface area (Å²) in [5.74, 6) is 0.316. The molecule has 0 unspecified atom stereocenters. The highest BCUT2D eigenvalue weighted by molar-refractivity contribution is 6.18. The standard InChI is InChI=1S/C16H34N4O3.C11H26N4O.C11H28N4.C9H22N2.C8H15NO4.C5H10Cl2.C2H7N.2ClH/c1-16(2,3)23-15(22)19(8)14(21)13-20(11-9-17(4)5)12-10-18(6)7;1-12-11(16)10-15(8-6-13(2)3)9-7-14(4)5;1-12-6-7-15(10-8-13(2)3)11-9-14(4)5;1-10(2)8-6-5-7-9-11(3)4;1-8(2,3)13-7(12)9(4)5-6(10)11;6-4-2-1-3-5-7;1-3-2;;/h9-13H2,1-8H3;6-10H2,1-5H3,(H,12,16);12H,6-11H2,1-5H3;5-9H2,1-4H3;5H2,1-4H3,(H,10,11);1-5H2;3H,1-2H3;2*1H. The number of carboxylic acid groups (broad SMARTS) is 1. The summed E-state index contributed by atoms with van der Waals surface area (Å²) in [5.41, 5.74) is -1.20. The lowest BCUT2D eigenvalue weighted by Crippen LogP contribution is -2.46. The van der Waals surface area contributed by atoms with Crippen molar-refractivity contribution in [2.75, 3.05) is 291 Å². The molecule has 24 nitrogen and oxygen atoms in total. The number of alkyl halides is 2. The van der Waals surface area contributed by atoms with Gasteiger partial charge in [-0.2, -0.15) is 0 Å². The first-order chi connectivity index (χ1) is 40.6. The number of hydrogen-bond acceptors (Lipinski definition) is 20. The van der Waals surface area contributed by atoms with Crippen molar-refractivity contribution in [3.8, 4) is 0 Å². The van der Waals surface area contributed by atoms with E-state index in [1.54, 1.807) is 48.6 Å². The molecule has 90 heavy (non-hydrogen) atoms. The number of rotatable bonds is 37. The number of unbranched alkanes of at least 4 members (excludes halogenated alkanes) is 4. The van der Waals surface area contributed by atoms with Gasteiger partial charge in [0.05, 0.1) is 13.1 Å². The first-order valence-corrected chi connectivity index (χ1v) is 32.2. The second kappa shape index (κ2) is 69.6. The van der Waals surface area contributed by atoms with Gasteiger partial charge < -0.3 is 74.6 Å². The molecule has 0 aliphatic heterocycles. The zero-order valence-corrected chi connectivity index (χ0v) is 65.9. The average Bonchev–Trinajstić information content (AvgIpc) is 3.48. The molecule has 0 fully saturated rings. The summed E-state index contributed by atoms with van der Waals surface area (Å²) in [7, 11) is 43.5. The number of carboxylic acids is 1. The summed E-state index contributed by atoms with van der Waals surface area (Å²) < 4.78 is 10.2. The zero-order chi connectivity index (χ0) is 70.0. The number of carbonyl (C=O) groups excluding carboxylic acids is 4. The van der Waals surface area contributed by atoms with E-state index in [2.05, 4.69) is 126 Å². The Morgan fingerprint density at radius 3 is 0.944 bits per heavy atom. The van der Waals surface area contributed by atoms with Gasteiger partial charge in [-0.1, -0.05) is 12.8 Å². The normalized spacial score (nSPS) is 11.0. The Hall–Kier alpha value is -2.21. The number of nitrogens with zero attached hydrogens (tertiary/aromatic N) is 13. The average molecular weight is 1380 g/mol. The highest BCUT2D eigenvalue weighted by Gasteiger charge is 2.25. The summed E-state index contributed by atoms with van der Waals surface area (Å²) in [4.78, 5) is 83.2. The number of halogens is 4. The van der Waals surface area contributed by atoms with Crippen LogP contribution in [0.3, 0.4) is 0 Å². The molecular formula is C62H144Cl4N16O8. The molecule has 0 radical (unpaired) electrons. The molecule has 0 aromatic heterocycles. The topological polar surface area (TPSA) is 202 Å². The molecule has 0 aliphatic carbocycles. The van der Waals surface area contributed by atoms with E-state index in [4.69, 9.17) is 37.8 Å². The SMILES string of the molecule is CN(C)CCCCCN(C)C.CN(C)CCN(CCN(C)C)CC(=O)N(C)C(=O)OC(C)(C)C.CN(CC(=O)O)C(=O)OC(C)(C)C.CNC.CNC(=O)CN(CCN(C)C)CCN(C)C.CNCCN(CCN(C)C)CCN(C)C.Cl.Cl.ClCCCCCCl. The Labute approximate surface area is 575 Å². The Morgan fingerprint density at radius 1 is 0.389 bits per heavy atom. The number of carbonyl (C=O) groups is 5. The van der Waals surface area contributed by atoms with Gasteiger partial charge in [-0.3, -0.25) is 29.1 Å². The Bertz CT molecular complexity index is 1560. The quantitative estimate of drug-likeness (QED) is 0.0471. The fraction of sp³-hybridized carbons (Fsp3) is 0.919. The molecule has 548 valence electrons. The van der Waals surface area contributed by atoms with Crippen molar-refractivity contribution < 1.29 is 38.6 Å². The van der Waals surface area contributed by atoms with Crippen molar-refractivity contribution in [3.63, 3.8) is 0 Å². The van der Waals surface area contributed by atoms with Crippen molar-refractivity contribution in [2.24, 2.45) is 0 Å². The fourth-order valence-electron chi connectivity index (χ4n) is 6.21. The third kappa shape index (κ3) is 96.9. The molecule has 4 amide bonds. The highest BCUT2D eigenvalue weighted by atomic mass is 35.5. The molecule has 0 aliphatic rings. The van der Waals surface area contributed by atoms with E-state index >= 15 is 0 Å². The van der Waals surface area contributed by atoms with Crippen LogP contribution in [0.2, 0.25) is 0 Å². The van der Waals surface area contributed by atoms with Crippen molar-refractivity contribution >= 4 is 78.0 Å². The maximum Gasteiger partial charge on any atom is 0.416 e. The largest absolute Gasteiger partial charge is 0.480 e. The van der Waals surface area contributed by atoms with Gasteiger partial charge >= 0.3 is 18.2 Å². The van der Waals surface area contributed by atoms with Gasteiger partial charge in [0.15, 0.2) is 0 Å². The van der Waals surface area contributed by atoms with Crippen molar-refractivity contribution in [2.45, 2.75) is 91.3 Å². The molecule has 0 rings (SSSR count). The van der Waals surface area contributed by atoms with Gasteiger partial charge in [0.1, 0.15) is 17.7 Å². The van der Waals surface area contributed by atoms with Crippen LogP contribution in [0.5, 0.6) is 0 Å². The van der Waals surface area contributed by atoms with Crippen molar-refractivity contribution in [3.05, 3.63) is 0 Å². The zero-order valence-electron chi connectivity index (χ0n) is 62.8. The molecule has 0 aromatic rings. The van der Waals surface area contributed by atoms with E-state index < -0.39 is 29.4 Å². The van der Waals surface area contributed by atoms with Crippen molar-refractivity contribution in [1.29, 1.82) is 0 Å². The van der Waals surface area contributed by atoms with Gasteiger partial charge in [0.25, 0.3) is 0 Å². The summed E-state index contributed by atoms with van der Waals surface area (Å²) in [6.45, 7) is 27.2. The Morgan fingerprint density at radius 2 is 0.678 bits per heavy atom. The Kier molecular flexibility index (Phi) is 82.4. The minimum Gasteiger partial charge on any atom is -0.480 e. The number of amides is 4. The second-order valence-corrected chi connectivity index (χ2v) is 26.5. The van der Waals surface area contributed by atoms with Crippen LogP contribution < -0.4 is 16.0 Å². The van der Waals surface area contributed by atoms with Gasteiger partial charge in [-0.25, -0.2) is 14.5 Å². The predicted octanol–water partition coefficient (Wildman–Crippen LogP) is 5.12. The second-order valence-electron chi connectivity index (χ2n) is 25.8. The molecule has 0 atom stereocenters. The van der Waals surface area contributed by atoms with Crippen molar-refractivity contribution in [1.82, 2.24) is 79.6 Å². The molecule has 0 aromatic carbocycles. The van der Waals surface area contributed by atoms with E-state index in [9.17, 15) is 24.0 Å². The first kappa shape index (κ1) is 107. The van der Waals surface area contributed by atoms with Crippen LogP contribution in [0, 0.1) is 0 Å². The van der Waals surface area contributed by atoms with Gasteiger partial charge in [0.2, 0.25) is 11.8 Å². The highest BCUT2D eigenvalue weighted by Crippen LogP contribution is 2.10. The number of aliphatic carboxylic acids is 1. The summed E-state index contributed by atoms with van der Waals surface area (Å²) in [6.07, 6.45) is 6.17. The van der Waals surface area contributed by atoms with Crippen LogP contribution in [0.4, 0.5) is 9.59 Å². The number of hydrogen-bond donors (Lipinski definition) is 4. The van der Waals surface area contributed by atoms with Gasteiger partial charge in [-0.15, -0.1) is 48.0 Å². The van der Waals surface area contributed by atoms with Gasteiger partial charge in [-0.05, 0) is 214 Å². The monoisotopic (exact) mass is 1380 g/mol. The first-order valence-electron chi connectivity index (χ1n) is 31.2. The predicted molar refractivity (Wildman–Crippen MR) is 390 cm³/mol. The van der Waals surface area contributed by atoms with E-state index in [1.165, 1.54) is 52.9 Å². The minimum absolute atomic E-state index is 0. The third-order valence-electron chi connectivity index (χ3n) is 11.5. The van der Waals surface area contributed by atoms with Gasteiger partial charge in [0, 0.05) is 125 Å². The van der Waals surface area contributed by atoms with E-state index in [0.717, 1.165) is 126 Å². The molecule has 28 heteroatoms. The molecule has 0 bridgehead atoms. The van der Waals surface area contributed by atoms with Crippen LogP contribution >= 0.6 is 48.0 Å². The summed E-state index contributed by atoms with van der Waals surface area (Å²) >= 11 is 10.8. The number of nitrogens with one attached hydrogen (secondary N) is 3. The van der Waals surface area contributed by atoms with E-state index in [0.29, 0.717) is 6.54 Å². The maximum atomic E-state index is 12.3. The summed E-state index contributed by atoms with van der Waals surface area (Å²) in [6, 6.07) is 0. The number of ether oxygens (including phenoxy) is 2. The van der Waals surface area contributed by atoms with Crippen LogP contribution in [-0.2, 0) is 23.9 Å². The van der Waals surface area contributed by atoms with E-state index in [-0.39, 0.29) is 49.7 Å². The number of imide groups is 1. The van der Waals surface area contributed by atoms with Crippen LogP contribution in [0.1, 0.15) is 80.1 Å². The smallest absolute Gasteiger partial charge is 0.416 e. The molecular weight excluding hydrogens is 1240 g/mol.